The zero-order valence-corrected chi connectivity index (χ0v) is 14.4. The van der Waals surface area contributed by atoms with E-state index in [2.05, 4.69) is 10.1 Å². The SMILES string of the molecule is Cc1cccnc1OCC1CCN(C(=O)c2c(C)noc2C)CC1. The van der Waals surface area contributed by atoms with E-state index < -0.39 is 0 Å². The first kappa shape index (κ1) is 16.5. The summed E-state index contributed by atoms with van der Waals surface area (Å²) in [6.45, 7) is 7.69. The van der Waals surface area contributed by atoms with Crippen LogP contribution in [-0.4, -0.2) is 40.6 Å². The molecule has 2 aromatic rings. The Bertz CT molecular complexity index is 699. The van der Waals surface area contributed by atoms with Crippen molar-refractivity contribution in [1.29, 1.82) is 0 Å². The molecule has 1 saturated heterocycles. The average Bonchev–Trinajstić information content (AvgIpc) is 2.93. The molecule has 6 heteroatoms. The van der Waals surface area contributed by atoms with E-state index in [9.17, 15) is 4.79 Å². The molecule has 1 aliphatic heterocycles. The lowest BCUT2D eigenvalue weighted by molar-refractivity contribution is 0.0657. The second-order valence-corrected chi connectivity index (χ2v) is 6.37. The van der Waals surface area contributed by atoms with Crippen LogP contribution in [0.4, 0.5) is 0 Å². The number of aromatic nitrogens is 2. The van der Waals surface area contributed by atoms with E-state index in [-0.39, 0.29) is 5.91 Å². The van der Waals surface area contributed by atoms with Crippen molar-refractivity contribution in [2.24, 2.45) is 5.92 Å². The zero-order chi connectivity index (χ0) is 17.1. The topological polar surface area (TPSA) is 68.5 Å². The van der Waals surface area contributed by atoms with E-state index >= 15 is 0 Å². The highest BCUT2D eigenvalue weighted by Gasteiger charge is 2.27. The summed E-state index contributed by atoms with van der Waals surface area (Å²) in [6, 6.07) is 3.90. The molecule has 0 bridgehead atoms. The molecule has 0 radical (unpaired) electrons. The quantitative estimate of drug-likeness (QED) is 0.862. The van der Waals surface area contributed by atoms with Crippen LogP contribution < -0.4 is 4.74 Å². The Morgan fingerprint density at radius 3 is 2.71 bits per heavy atom. The van der Waals surface area contributed by atoms with Crippen LogP contribution in [0.1, 0.15) is 40.2 Å². The van der Waals surface area contributed by atoms with Crippen LogP contribution in [0.2, 0.25) is 0 Å². The smallest absolute Gasteiger partial charge is 0.259 e. The van der Waals surface area contributed by atoms with Crippen molar-refractivity contribution >= 4 is 5.91 Å². The lowest BCUT2D eigenvalue weighted by Crippen LogP contribution is -2.40. The highest BCUT2D eigenvalue weighted by Crippen LogP contribution is 2.23. The van der Waals surface area contributed by atoms with E-state index in [4.69, 9.17) is 9.26 Å². The third kappa shape index (κ3) is 3.42. The Morgan fingerprint density at radius 2 is 2.08 bits per heavy atom. The molecule has 0 spiro atoms. The maximum absolute atomic E-state index is 12.6. The third-order valence-electron chi connectivity index (χ3n) is 4.57. The minimum atomic E-state index is 0.0196. The van der Waals surface area contributed by atoms with Gasteiger partial charge in [-0.05, 0) is 45.6 Å². The third-order valence-corrected chi connectivity index (χ3v) is 4.57. The highest BCUT2D eigenvalue weighted by atomic mass is 16.5. The number of hydrogen-bond acceptors (Lipinski definition) is 5. The molecule has 3 rings (SSSR count). The number of aryl methyl sites for hydroxylation is 3. The summed E-state index contributed by atoms with van der Waals surface area (Å²) < 4.78 is 10.9. The first-order chi connectivity index (χ1) is 11.6. The van der Waals surface area contributed by atoms with Gasteiger partial charge in [-0.1, -0.05) is 11.2 Å². The fourth-order valence-corrected chi connectivity index (χ4v) is 3.07. The van der Waals surface area contributed by atoms with Crippen LogP contribution >= 0.6 is 0 Å². The molecule has 1 aliphatic rings. The molecule has 6 nitrogen and oxygen atoms in total. The van der Waals surface area contributed by atoms with E-state index in [1.54, 1.807) is 20.0 Å². The number of rotatable bonds is 4. The van der Waals surface area contributed by atoms with Crippen molar-refractivity contribution in [2.45, 2.75) is 33.6 Å². The van der Waals surface area contributed by atoms with Gasteiger partial charge in [0, 0.05) is 24.8 Å². The second-order valence-electron chi connectivity index (χ2n) is 6.37. The summed E-state index contributed by atoms with van der Waals surface area (Å²) in [5.41, 5.74) is 2.31. The number of likely N-dealkylation sites (tertiary alicyclic amines) is 1. The molecule has 1 fully saturated rings. The Hall–Kier alpha value is -2.37. The van der Waals surface area contributed by atoms with E-state index in [0.717, 1.165) is 31.5 Å². The Kier molecular flexibility index (Phi) is 4.83. The van der Waals surface area contributed by atoms with Crippen molar-refractivity contribution in [3.05, 3.63) is 40.9 Å². The standard InChI is InChI=1S/C18H23N3O3/c1-12-5-4-8-19-17(12)23-11-15-6-9-21(10-7-15)18(22)16-13(2)20-24-14(16)3/h4-5,8,15H,6-7,9-11H2,1-3H3. The molecule has 0 saturated carbocycles. The first-order valence-electron chi connectivity index (χ1n) is 8.33. The van der Waals surface area contributed by atoms with Crippen LogP contribution in [-0.2, 0) is 0 Å². The molecule has 3 heterocycles. The monoisotopic (exact) mass is 329 g/mol. The predicted molar refractivity (Wildman–Crippen MR) is 89.1 cm³/mol. The highest BCUT2D eigenvalue weighted by molar-refractivity contribution is 5.96. The molecular weight excluding hydrogens is 306 g/mol. The van der Waals surface area contributed by atoms with Crippen molar-refractivity contribution in [3.63, 3.8) is 0 Å². The van der Waals surface area contributed by atoms with Crippen LogP contribution in [0.25, 0.3) is 0 Å². The number of piperidine rings is 1. The Morgan fingerprint density at radius 1 is 1.33 bits per heavy atom. The van der Waals surface area contributed by atoms with Crippen molar-refractivity contribution in [2.75, 3.05) is 19.7 Å². The van der Waals surface area contributed by atoms with Gasteiger partial charge in [-0.2, -0.15) is 0 Å². The largest absolute Gasteiger partial charge is 0.477 e. The molecule has 128 valence electrons. The average molecular weight is 329 g/mol. The summed E-state index contributed by atoms with van der Waals surface area (Å²) in [7, 11) is 0. The minimum Gasteiger partial charge on any atom is -0.477 e. The summed E-state index contributed by atoms with van der Waals surface area (Å²) in [5, 5.41) is 3.87. The fourth-order valence-electron chi connectivity index (χ4n) is 3.07. The molecule has 0 unspecified atom stereocenters. The maximum atomic E-state index is 12.6. The minimum absolute atomic E-state index is 0.0196. The van der Waals surface area contributed by atoms with Crippen molar-refractivity contribution in [3.8, 4) is 5.88 Å². The normalized spacial score (nSPS) is 15.5. The van der Waals surface area contributed by atoms with Gasteiger partial charge in [0.15, 0.2) is 0 Å². The number of pyridine rings is 1. The number of carbonyl (C=O) groups is 1. The fraction of sp³-hybridized carbons (Fsp3) is 0.500. The lowest BCUT2D eigenvalue weighted by atomic mass is 9.97. The van der Waals surface area contributed by atoms with Crippen molar-refractivity contribution in [1.82, 2.24) is 15.0 Å². The van der Waals surface area contributed by atoms with Gasteiger partial charge < -0.3 is 14.2 Å². The summed E-state index contributed by atoms with van der Waals surface area (Å²) in [5.74, 6) is 1.76. The Labute approximate surface area is 141 Å². The van der Waals surface area contributed by atoms with Gasteiger partial charge in [-0.25, -0.2) is 4.98 Å². The van der Waals surface area contributed by atoms with E-state index in [1.807, 2.05) is 24.0 Å². The molecule has 0 aliphatic carbocycles. The molecule has 0 aromatic carbocycles. The van der Waals surface area contributed by atoms with Gasteiger partial charge in [0.25, 0.3) is 5.91 Å². The summed E-state index contributed by atoms with van der Waals surface area (Å²) in [4.78, 5) is 18.8. The van der Waals surface area contributed by atoms with E-state index in [1.165, 1.54) is 0 Å². The van der Waals surface area contributed by atoms with Gasteiger partial charge in [0.1, 0.15) is 11.3 Å². The molecule has 2 aromatic heterocycles. The van der Waals surface area contributed by atoms with Gasteiger partial charge >= 0.3 is 0 Å². The van der Waals surface area contributed by atoms with Crippen molar-refractivity contribution < 1.29 is 14.1 Å². The van der Waals surface area contributed by atoms with Crippen LogP contribution in [0.15, 0.2) is 22.9 Å². The Balaban J connectivity index is 1.53. The van der Waals surface area contributed by atoms with Crippen LogP contribution in [0.5, 0.6) is 5.88 Å². The number of nitrogens with zero attached hydrogens (tertiary/aromatic N) is 3. The van der Waals surface area contributed by atoms with Gasteiger partial charge in [0.05, 0.1) is 12.3 Å². The maximum Gasteiger partial charge on any atom is 0.259 e. The first-order valence-corrected chi connectivity index (χ1v) is 8.33. The van der Waals surface area contributed by atoms with Gasteiger partial charge in [0.2, 0.25) is 5.88 Å². The van der Waals surface area contributed by atoms with Gasteiger partial charge in [-0.3, -0.25) is 4.79 Å². The molecule has 0 N–H and O–H groups in total. The predicted octanol–water partition coefficient (Wildman–Crippen LogP) is 2.93. The van der Waals surface area contributed by atoms with Crippen LogP contribution in [0.3, 0.4) is 0 Å². The number of carbonyl (C=O) groups excluding carboxylic acids is 1. The number of amides is 1. The van der Waals surface area contributed by atoms with Gasteiger partial charge in [-0.15, -0.1) is 0 Å². The van der Waals surface area contributed by atoms with E-state index in [0.29, 0.717) is 35.4 Å². The molecular formula is C18H23N3O3. The number of ether oxygens (including phenoxy) is 1. The summed E-state index contributed by atoms with van der Waals surface area (Å²) in [6.07, 6.45) is 3.61. The zero-order valence-electron chi connectivity index (χ0n) is 14.4. The summed E-state index contributed by atoms with van der Waals surface area (Å²) >= 11 is 0. The molecule has 1 amide bonds. The second kappa shape index (κ2) is 7.03. The molecule has 24 heavy (non-hydrogen) atoms. The lowest BCUT2D eigenvalue weighted by Gasteiger charge is -2.31. The van der Waals surface area contributed by atoms with Crippen LogP contribution in [0, 0.1) is 26.7 Å². The number of hydrogen-bond donors (Lipinski definition) is 0. The molecule has 0 atom stereocenters.